The minimum absolute atomic E-state index is 0.00426. The SMILES string of the molecule is Cc1cccc(NC(=O)CNC(=O)C(NC(=O)C2CCCCC2)C(C)C)c1C. The maximum absolute atomic E-state index is 12.6. The van der Waals surface area contributed by atoms with E-state index in [1.165, 1.54) is 6.42 Å². The van der Waals surface area contributed by atoms with Gasteiger partial charge in [-0.05, 0) is 49.8 Å². The van der Waals surface area contributed by atoms with Gasteiger partial charge in [-0.1, -0.05) is 45.2 Å². The van der Waals surface area contributed by atoms with E-state index < -0.39 is 6.04 Å². The first kappa shape index (κ1) is 21.9. The van der Waals surface area contributed by atoms with Crippen molar-refractivity contribution >= 4 is 23.4 Å². The van der Waals surface area contributed by atoms with E-state index >= 15 is 0 Å². The number of anilines is 1. The van der Waals surface area contributed by atoms with E-state index in [0.29, 0.717) is 0 Å². The quantitative estimate of drug-likeness (QED) is 0.672. The summed E-state index contributed by atoms with van der Waals surface area (Å²) in [4.78, 5) is 37.3. The molecule has 0 heterocycles. The number of nitrogens with one attached hydrogen (secondary N) is 3. The minimum Gasteiger partial charge on any atom is -0.345 e. The zero-order valence-electron chi connectivity index (χ0n) is 17.4. The van der Waals surface area contributed by atoms with Gasteiger partial charge in [-0.3, -0.25) is 14.4 Å². The summed E-state index contributed by atoms with van der Waals surface area (Å²) in [6.45, 7) is 7.58. The Kier molecular flexibility index (Phi) is 8.03. The molecule has 0 radical (unpaired) electrons. The molecule has 28 heavy (non-hydrogen) atoms. The summed E-state index contributed by atoms with van der Waals surface area (Å²) in [5, 5.41) is 8.38. The van der Waals surface area contributed by atoms with Crippen LogP contribution in [0.2, 0.25) is 0 Å². The molecule has 1 atom stereocenters. The highest BCUT2D eigenvalue weighted by molar-refractivity contribution is 5.96. The fourth-order valence-corrected chi connectivity index (χ4v) is 3.53. The summed E-state index contributed by atoms with van der Waals surface area (Å²) in [6, 6.07) is 5.06. The van der Waals surface area contributed by atoms with E-state index in [-0.39, 0.29) is 36.1 Å². The third kappa shape index (κ3) is 6.08. The molecular weight excluding hydrogens is 354 g/mol. The van der Waals surface area contributed by atoms with Crippen molar-refractivity contribution in [1.29, 1.82) is 0 Å². The van der Waals surface area contributed by atoms with Crippen LogP contribution in [-0.2, 0) is 14.4 Å². The van der Waals surface area contributed by atoms with Gasteiger partial charge in [0.15, 0.2) is 0 Å². The van der Waals surface area contributed by atoms with Gasteiger partial charge < -0.3 is 16.0 Å². The molecule has 154 valence electrons. The normalized spacial score (nSPS) is 15.8. The van der Waals surface area contributed by atoms with Gasteiger partial charge in [-0.15, -0.1) is 0 Å². The van der Waals surface area contributed by atoms with Gasteiger partial charge in [0.1, 0.15) is 6.04 Å². The fraction of sp³-hybridized carbons (Fsp3) is 0.591. The number of aryl methyl sites for hydroxylation is 1. The Morgan fingerprint density at radius 1 is 1.07 bits per heavy atom. The van der Waals surface area contributed by atoms with Crippen molar-refractivity contribution in [2.75, 3.05) is 11.9 Å². The second-order valence-corrected chi connectivity index (χ2v) is 8.08. The van der Waals surface area contributed by atoms with Gasteiger partial charge in [-0.2, -0.15) is 0 Å². The Bertz CT molecular complexity index is 709. The number of hydrogen-bond acceptors (Lipinski definition) is 3. The number of rotatable bonds is 7. The molecule has 1 unspecified atom stereocenters. The van der Waals surface area contributed by atoms with Crippen LogP contribution in [0, 0.1) is 25.7 Å². The molecule has 6 heteroatoms. The van der Waals surface area contributed by atoms with Gasteiger partial charge in [0.05, 0.1) is 6.54 Å². The molecule has 1 aliphatic rings. The summed E-state index contributed by atoms with van der Waals surface area (Å²) in [5.41, 5.74) is 2.83. The van der Waals surface area contributed by atoms with Crippen molar-refractivity contribution in [2.24, 2.45) is 11.8 Å². The maximum Gasteiger partial charge on any atom is 0.243 e. The average molecular weight is 388 g/mol. The zero-order chi connectivity index (χ0) is 20.7. The van der Waals surface area contributed by atoms with Crippen molar-refractivity contribution in [3.05, 3.63) is 29.3 Å². The maximum atomic E-state index is 12.6. The smallest absolute Gasteiger partial charge is 0.243 e. The van der Waals surface area contributed by atoms with E-state index in [1.54, 1.807) is 0 Å². The summed E-state index contributed by atoms with van der Waals surface area (Å²) in [6.07, 6.45) is 5.07. The van der Waals surface area contributed by atoms with E-state index in [2.05, 4.69) is 16.0 Å². The Hall–Kier alpha value is -2.37. The number of benzene rings is 1. The average Bonchev–Trinajstić information content (AvgIpc) is 2.68. The Morgan fingerprint density at radius 2 is 1.75 bits per heavy atom. The second kappa shape index (κ2) is 10.2. The molecule has 1 saturated carbocycles. The van der Waals surface area contributed by atoms with E-state index in [4.69, 9.17) is 0 Å². The van der Waals surface area contributed by atoms with Crippen LogP contribution in [0.3, 0.4) is 0 Å². The van der Waals surface area contributed by atoms with Crippen LogP contribution in [0.25, 0.3) is 0 Å². The standard InChI is InChI=1S/C22H33N3O3/c1-14(2)20(25-21(27)17-10-6-5-7-11-17)22(28)23-13-19(26)24-18-12-8-9-15(3)16(18)4/h8-9,12,14,17,20H,5-7,10-11,13H2,1-4H3,(H,23,28)(H,24,26)(H,25,27). The first-order chi connectivity index (χ1) is 13.3. The van der Waals surface area contributed by atoms with Crippen molar-refractivity contribution in [3.8, 4) is 0 Å². The molecule has 0 aliphatic heterocycles. The largest absolute Gasteiger partial charge is 0.345 e. The third-order valence-corrected chi connectivity index (χ3v) is 5.52. The fourth-order valence-electron chi connectivity index (χ4n) is 3.53. The third-order valence-electron chi connectivity index (χ3n) is 5.52. The first-order valence-electron chi connectivity index (χ1n) is 10.2. The highest BCUT2D eigenvalue weighted by Gasteiger charge is 2.28. The van der Waals surface area contributed by atoms with Crippen molar-refractivity contribution < 1.29 is 14.4 Å². The van der Waals surface area contributed by atoms with Crippen LogP contribution in [0.1, 0.15) is 57.1 Å². The van der Waals surface area contributed by atoms with Gasteiger partial charge in [0.2, 0.25) is 17.7 Å². The van der Waals surface area contributed by atoms with Crippen molar-refractivity contribution in [2.45, 2.75) is 65.8 Å². The van der Waals surface area contributed by atoms with Crippen LogP contribution < -0.4 is 16.0 Å². The van der Waals surface area contributed by atoms with Crippen molar-refractivity contribution in [1.82, 2.24) is 10.6 Å². The molecule has 0 aromatic heterocycles. The molecule has 1 aromatic carbocycles. The van der Waals surface area contributed by atoms with Crippen LogP contribution in [0.15, 0.2) is 18.2 Å². The van der Waals surface area contributed by atoms with Gasteiger partial charge in [0.25, 0.3) is 0 Å². The molecule has 3 N–H and O–H groups in total. The predicted molar refractivity (Wildman–Crippen MR) is 111 cm³/mol. The monoisotopic (exact) mass is 387 g/mol. The highest BCUT2D eigenvalue weighted by Crippen LogP contribution is 2.24. The molecule has 1 aromatic rings. The molecule has 3 amide bonds. The number of amides is 3. The van der Waals surface area contributed by atoms with Crippen LogP contribution >= 0.6 is 0 Å². The van der Waals surface area contributed by atoms with Gasteiger partial charge in [-0.25, -0.2) is 0 Å². The van der Waals surface area contributed by atoms with Crippen LogP contribution in [0.4, 0.5) is 5.69 Å². The lowest BCUT2D eigenvalue weighted by molar-refractivity contribution is -0.133. The lowest BCUT2D eigenvalue weighted by Gasteiger charge is -2.26. The van der Waals surface area contributed by atoms with E-state index in [0.717, 1.165) is 42.5 Å². The van der Waals surface area contributed by atoms with Crippen LogP contribution in [0.5, 0.6) is 0 Å². The molecule has 0 saturated heterocycles. The lowest BCUT2D eigenvalue weighted by Crippen LogP contribution is -2.52. The molecule has 2 rings (SSSR count). The minimum atomic E-state index is -0.636. The number of hydrogen-bond donors (Lipinski definition) is 3. The molecule has 6 nitrogen and oxygen atoms in total. The van der Waals surface area contributed by atoms with E-state index in [1.807, 2.05) is 45.9 Å². The Balaban J connectivity index is 1.88. The lowest BCUT2D eigenvalue weighted by atomic mass is 9.88. The second-order valence-electron chi connectivity index (χ2n) is 8.08. The van der Waals surface area contributed by atoms with Gasteiger partial charge in [0, 0.05) is 11.6 Å². The Morgan fingerprint density at radius 3 is 2.39 bits per heavy atom. The molecule has 0 spiro atoms. The van der Waals surface area contributed by atoms with Gasteiger partial charge >= 0.3 is 0 Å². The summed E-state index contributed by atoms with van der Waals surface area (Å²) >= 11 is 0. The Labute approximate surface area is 167 Å². The molecule has 1 aliphatic carbocycles. The molecule has 1 fully saturated rings. The first-order valence-corrected chi connectivity index (χ1v) is 10.2. The summed E-state index contributed by atoms with van der Waals surface area (Å²) in [5.74, 6) is -0.725. The summed E-state index contributed by atoms with van der Waals surface area (Å²) in [7, 11) is 0. The zero-order valence-corrected chi connectivity index (χ0v) is 17.4. The van der Waals surface area contributed by atoms with Crippen molar-refractivity contribution in [3.63, 3.8) is 0 Å². The number of carbonyl (C=O) groups excluding carboxylic acids is 3. The molecule has 0 bridgehead atoms. The predicted octanol–water partition coefficient (Wildman–Crippen LogP) is 3.08. The van der Waals surface area contributed by atoms with Crippen LogP contribution in [-0.4, -0.2) is 30.3 Å². The molecular formula is C22H33N3O3. The number of carbonyl (C=O) groups is 3. The topological polar surface area (TPSA) is 87.3 Å². The van der Waals surface area contributed by atoms with E-state index in [9.17, 15) is 14.4 Å². The highest BCUT2D eigenvalue weighted by atomic mass is 16.2. The summed E-state index contributed by atoms with van der Waals surface area (Å²) < 4.78 is 0.